The summed E-state index contributed by atoms with van der Waals surface area (Å²) in [6.07, 6.45) is -4.73. The van der Waals surface area contributed by atoms with Crippen molar-refractivity contribution >= 4 is 29.1 Å². The number of alkyl halides is 3. The zero-order chi connectivity index (χ0) is 21.7. The molecule has 3 aromatic rings. The normalized spacial score (nSPS) is 11.3. The Morgan fingerprint density at radius 2 is 1.90 bits per heavy atom. The van der Waals surface area contributed by atoms with Crippen LogP contribution in [0.3, 0.4) is 0 Å². The topological polar surface area (TPSA) is 81.5 Å². The van der Waals surface area contributed by atoms with E-state index in [0.717, 1.165) is 15.5 Å². The van der Waals surface area contributed by atoms with Gasteiger partial charge in [-0.1, -0.05) is 11.3 Å². The lowest BCUT2D eigenvalue weighted by Gasteiger charge is -2.08. The van der Waals surface area contributed by atoms with Gasteiger partial charge in [-0.25, -0.2) is 4.79 Å². The van der Waals surface area contributed by atoms with Gasteiger partial charge in [0.05, 0.1) is 5.75 Å². The first kappa shape index (κ1) is 21.9. The highest BCUT2D eigenvalue weighted by Gasteiger charge is 2.31. The number of halogens is 3. The van der Waals surface area contributed by atoms with Crippen molar-refractivity contribution in [1.29, 1.82) is 0 Å². The molecule has 1 heterocycles. The molecule has 1 aromatic heterocycles. The first-order chi connectivity index (χ1) is 14.2. The number of benzene rings is 2. The van der Waals surface area contributed by atoms with Crippen LogP contribution in [0.4, 0.5) is 13.2 Å². The lowest BCUT2D eigenvalue weighted by Crippen LogP contribution is -2.16. The Bertz CT molecular complexity index is 1020. The van der Waals surface area contributed by atoms with Gasteiger partial charge in [0.15, 0.2) is 6.61 Å². The second-order valence-electron chi connectivity index (χ2n) is 5.97. The Kier molecular flexibility index (Phi) is 6.83. The van der Waals surface area contributed by atoms with Gasteiger partial charge in [-0.3, -0.25) is 0 Å². The minimum Gasteiger partial charge on any atom is -0.482 e. The Morgan fingerprint density at radius 3 is 2.53 bits per heavy atom. The van der Waals surface area contributed by atoms with Gasteiger partial charge in [0.1, 0.15) is 21.5 Å². The minimum atomic E-state index is -4.73. The van der Waals surface area contributed by atoms with Crippen molar-refractivity contribution in [3.05, 3.63) is 53.0 Å². The molecule has 0 radical (unpaired) electrons. The molecule has 158 valence electrons. The van der Waals surface area contributed by atoms with Crippen LogP contribution in [0.2, 0.25) is 0 Å². The van der Waals surface area contributed by atoms with Crippen molar-refractivity contribution in [2.45, 2.75) is 23.9 Å². The van der Waals surface area contributed by atoms with E-state index < -0.39 is 18.9 Å². The molecule has 2 aromatic carbocycles. The number of ether oxygens (including phenoxy) is 2. The number of nitrogens with zero attached hydrogens (tertiary/aromatic N) is 2. The fourth-order valence-corrected chi connectivity index (χ4v) is 4.21. The number of aromatic nitrogens is 2. The second-order valence-corrected chi connectivity index (χ2v) is 8.08. The molecule has 11 heteroatoms. The van der Waals surface area contributed by atoms with E-state index in [1.807, 2.05) is 19.1 Å². The summed E-state index contributed by atoms with van der Waals surface area (Å²) in [4.78, 5) is 11.6. The first-order valence-corrected chi connectivity index (χ1v) is 10.3. The van der Waals surface area contributed by atoms with E-state index in [9.17, 15) is 18.0 Å². The number of rotatable bonds is 8. The second kappa shape index (κ2) is 9.35. The molecular weight excluding hydrogens is 441 g/mol. The highest BCUT2D eigenvalue weighted by atomic mass is 32.2. The van der Waals surface area contributed by atoms with Crippen molar-refractivity contribution in [3.8, 4) is 22.1 Å². The average molecular weight is 456 g/mol. The van der Waals surface area contributed by atoms with Gasteiger partial charge in [0.25, 0.3) is 0 Å². The monoisotopic (exact) mass is 456 g/mol. The number of thioether (sulfide) groups is 1. The van der Waals surface area contributed by atoms with Crippen LogP contribution >= 0.6 is 23.1 Å². The SMILES string of the molecule is Cc1cc(SCc2nnc(-c3ccc(OC(F)(F)F)cc3)s2)ccc1OCC(=O)O. The van der Waals surface area contributed by atoms with Gasteiger partial charge < -0.3 is 14.6 Å². The minimum absolute atomic E-state index is 0.294. The third-order valence-electron chi connectivity index (χ3n) is 3.66. The third-order valence-corrected chi connectivity index (χ3v) is 5.82. The Balaban J connectivity index is 1.59. The number of carbonyl (C=O) groups is 1. The van der Waals surface area contributed by atoms with Gasteiger partial charge in [0.2, 0.25) is 0 Å². The summed E-state index contributed by atoms with van der Waals surface area (Å²) in [6.45, 7) is 1.43. The number of hydrogen-bond donors (Lipinski definition) is 1. The van der Waals surface area contributed by atoms with Crippen molar-refractivity contribution in [3.63, 3.8) is 0 Å². The van der Waals surface area contributed by atoms with E-state index >= 15 is 0 Å². The van der Waals surface area contributed by atoms with Crippen LogP contribution < -0.4 is 9.47 Å². The van der Waals surface area contributed by atoms with E-state index in [1.165, 1.54) is 47.4 Å². The number of aryl methyl sites for hydroxylation is 1. The maximum absolute atomic E-state index is 12.2. The summed E-state index contributed by atoms with van der Waals surface area (Å²) in [7, 11) is 0. The molecule has 0 bridgehead atoms. The fourth-order valence-electron chi connectivity index (χ4n) is 2.39. The predicted octanol–water partition coefficient (Wildman–Crippen LogP) is 5.17. The molecule has 0 spiro atoms. The summed E-state index contributed by atoms with van der Waals surface area (Å²) in [6, 6.07) is 10.9. The smallest absolute Gasteiger partial charge is 0.482 e. The largest absolute Gasteiger partial charge is 0.573 e. The number of aliphatic carboxylic acids is 1. The van der Waals surface area contributed by atoms with E-state index in [-0.39, 0.29) is 5.75 Å². The van der Waals surface area contributed by atoms with Gasteiger partial charge >= 0.3 is 12.3 Å². The number of carboxylic acid groups (broad SMARTS) is 1. The van der Waals surface area contributed by atoms with Crippen molar-refractivity contribution in [2.24, 2.45) is 0 Å². The predicted molar refractivity (Wildman–Crippen MR) is 106 cm³/mol. The number of carboxylic acids is 1. The summed E-state index contributed by atoms with van der Waals surface area (Å²) in [5.74, 6) is -0.264. The molecule has 0 atom stereocenters. The highest BCUT2D eigenvalue weighted by Crippen LogP contribution is 2.32. The number of hydrogen-bond acceptors (Lipinski definition) is 7. The molecular formula is C19H15F3N2O4S2. The first-order valence-electron chi connectivity index (χ1n) is 8.46. The van der Waals surface area contributed by atoms with Crippen LogP contribution in [0.25, 0.3) is 10.6 Å². The van der Waals surface area contributed by atoms with Crippen LogP contribution in [-0.4, -0.2) is 34.2 Å². The van der Waals surface area contributed by atoms with Crippen molar-refractivity contribution in [2.75, 3.05) is 6.61 Å². The zero-order valence-electron chi connectivity index (χ0n) is 15.5. The maximum atomic E-state index is 12.2. The molecule has 1 N–H and O–H groups in total. The standard InChI is InChI=1S/C19H15F3N2O4S2/c1-11-8-14(6-7-15(11)27-9-17(25)26)29-10-16-23-24-18(30-16)12-2-4-13(5-3-12)28-19(20,21)22/h2-8H,9-10H2,1H3,(H,25,26). The van der Waals surface area contributed by atoms with Crippen LogP contribution in [0.1, 0.15) is 10.6 Å². The quantitative estimate of drug-likeness (QED) is 0.469. The molecule has 0 aliphatic rings. The summed E-state index contributed by atoms with van der Waals surface area (Å²) >= 11 is 2.88. The third kappa shape index (κ3) is 6.36. The molecule has 6 nitrogen and oxygen atoms in total. The van der Waals surface area contributed by atoms with Gasteiger partial charge in [-0.15, -0.1) is 35.1 Å². The molecule has 0 saturated carbocycles. The molecule has 0 fully saturated rings. The maximum Gasteiger partial charge on any atom is 0.573 e. The lowest BCUT2D eigenvalue weighted by atomic mass is 10.2. The molecule has 0 amide bonds. The fraction of sp³-hybridized carbons (Fsp3) is 0.211. The summed E-state index contributed by atoms with van der Waals surface area (Å²) in [5.41, 5.74) is 1.47. The Morgan fingerprint density at radius 1 is 1.17 bits per heavy atom. The van der Waals surface area contributed by atoms with Crippen molar-refractivity contribution in [1.82, 2.24) is 10.2 Å². The summed E-state index contributed by atoms with van der Waals surface area (Å²) < 4.78 is 45.8. The molecule has 0 aliphatic heterocycles. The molecule has 3 rings (SSSR count). The molecule has 0 unspecified atom stereocenters. The molecule has 0 aliphatic carbocycles. The van der Waals surface area contributed by atoms with Gasteiger partial charge in [-0.2, -0.15) is 0 Å². The molecule has 0 saturated heterocycles. The van der Waals surface area contributed by atoms with E-state index in [1.54, 1.807) is 6.07 Å². The van der Waals surface area contributed by atoms with Crippen LogP contribution in [0.15, 0.2) is 47.4 Å². The van der Waals surface area contributed by atoms with Gasteiger partial charge in [0, 0.05) is 10.5 Å². The Labute approximate surface area is 177 Å². The van der Waals surface area contributed by atoms with E-state index in [2.05, 4.69) is 14.9 Å². The summed E-state index contributed by atoms with van der Waals surface area (Å²) in [5, 5.41) is 18.3. The van der Waals surface area contributed by atoms with E-state index in [0.29, 0.717) is 22.1 Å². The Hall–Kier alpha value is -2.79. The lowest BCUT2D eigenvalue weighted by molar-refractivity contribution is -0.274. The van der Waals surface area contributed by atoms with Gasteiger partial charge in [-0.05, 0) is 55.0 Å². The average Bonchev–Trinajstić information content (AvgIpc) is 3.14. The van der Waals surface area contributed by atoms with E-state index in [4.69, 9.17) is 9.84 Å². The van der Waals surface area contributed by atoms with Crippen LogP contribution in [0, 0.1) is 6.92 Å². The highest BCUT2D eigenvalue weighted by molar-refractivity contribution is 7.98. The molecule has 30 heavy (non-hydrogen) atoms. The zero-order valence-corrected chi connectivity index (χ0v) is 17.1. The van der Waals surface area contributed by atoms with Crippen LogP contribution in [0.5, 0.6) is 11.5 Å². The van der Waals surface area contributed by atoms with Crippen LogP contribution in [-0.2, 0) is 10.5 Å². The van der Waals surface area contributed by atoms with Crippen molar-refractivity contribution < 1.29 is 32.5 Å².